The van der Waals surface area contributed by atoms with Gasteiger partial charge in [-0.05, 0) is 42.8 Å². The molecular weight excluding hydrogens is 262 g/mol. The maximum Gasteiger partial charge on any atom is 0.224 e. The summed E-state index contributed by atoms with van der Waals surface area (Å²) in [5, 5.41) is 3.40. The Morgan fingerprint density at radius 2 is 2.05 bits per heavy atom. The molecule has 2 aromatic heterocycles. The molecule has 0 aliphatic heterocycles. The summed E-state index contributed by atoms with van der Waals surface area (Å²) >= 11 is 5.75. The minimum absolute atomic E-state index is 0.222. The SMILES string of the molecule is Cc1nc2cc(Nc3ccnc(Cl)n3)ccc2n1C. The van der Waals surface area contributed by atoms with Gasteiger partial charge in [-0.2, -0.15) is 0 Å². The van der Waals surface area contributed by atoms with Crippen molar-refractivity contribution in [3.8, 4) is 0 Å². The number of nitrogens with zero attached hydrogens (tertiary/aromatic N) is 4. The van der Waals surface area contributed by atoms with Crippen LogP contribution in [0.3, 0.4) is 0 Å². The summed E-state index contributed by atoms with van der Waals surface area (Å²) in [5.41, 5.74) is 2.97. The molecule has 0 saturated carbocycles. The lowest BCUT2D eigenvalue weighted by Crippen LogP contribution is -1.94. The molecule has 3 rings (SSSR count). The van der Waals surface area contributed by atoms with Gasteiger partial charge in [0.1, 0.15) is 11.6 Å². The number of benzene rings is 1. The molecule has 0 saturated heterocycles. The van der Waals surface area contributed by atoms with Gasteiger partial charge in [0.2, 0.25) is 5.28 Å². The van der Waals surface area contributed by atoms with Crippen molar-refractivity contribution in [2.45, 2.75) is 6.92 Å². The second-order valence-corrected chi connectivity index (χ2v) is 4.60. The average molecular weight is 274 g/mol. The first-order valence-electron chi connectivity index (χ1n) is 5.82. The number of hydrogen-bond acceptors (Lipinski definition) is 4. The van der Waals surface area contributed by atoms with Crippen molar-refractivity contribution in [2.24, 2.45) is 7.05 Å². The van der Waals surface area contributed by atoms with Crippen molar-refractivity contribution in [3.63, 3.8) is 0 Å². The van der Waals surface area contributed by atoms with Crippen LogP contribution in [0, 0.1) is 6.92 Å². The average Bonchev–Trinajstić information content (AvgIpc) is 2.65. The Morgan fingerprint density at radius 1 is 1.21 bits per heavy atom. The number of imidazole rings is 1. The van der Waals surface area contributed by atoms with E-state index in [9.17, 15) is 0 Å². The summed E-state index contributed by atoms with van der Waals surface area (Å²) in [6.45, 7) is 1.98. The highest BCUT2D eigenvalue weighted by Gasteiger charge is 2.05. The highest BCUT2D eigenvalue weighted by molar-refractivity contribution is 6.28. The van der Waals surface area contributed by atoms with E-state index in [2.05, 4.69) is 24.8 Å². The minimum atomic E-state index is 0.222. The quantitative estimate of drug-likeness (QED) is 0.729. The van der Waals surface area contributed by atoms with Gasteiger partial charge in [0.15, 0.2) is 0 Å². The summed E-state index contributed by atoms with van der Waals surface area (Å²) in [4.78, 5) is 12.4. The monoisotopic (exact) mass is 273 g/mol. The van der Waals surface area contributed by atoms with Gasteiger partial charge in [-0.25, -0.2) is 15.0 Å². The fourth-order valence-corrected chi connectivity index (χ4v) is 2.10. The first kappa shape index (κ1) is 11.9. The molecule has 0 atom stereocenters. The number of halogens is 1. The first-order valence-corrected chi connectivity index (χ1v) is 6.20. The number of fused-ring (bicyclic) bond motifs is 1. The van der Waals surface area contributed by atoms with Crippen LogP contribution in [0.5, 0.6) is 0 Å². The van der Waals surface area contributed by atoms with Crippen LogP contribution in [-0.2, 0) is 7.05 Å². The van der Waals surface area contributed by atoms with E-state index < -0.39 is 0 Å². The first-order chi connectivity index (χ1) is 9.13. The zero-order valence-corrected chi connectivity index (χ0v) is 11.3. The van der Waals surface area contributed by atoms with Crippen molar-refractivity contribution in [2.75, 3.05) is 5.32 Å². The standard InChI is InChI=1S/C13H12ClN5/c1-8-16-10-7-9(3-4-11(10)19(8)2)17-12-5-6-15-13(14)18-12/h3-7H,1-2H3,(H,15,17,18). The molecule has 19 heavy (non-hydrogen) atoms. The van der Waals surface area contributed by atoms with Gasteiger partial charge in [-0.15, -0.1) is 0 Å². The number of nitrogens with one attached hydrogen (secondary N) is 1. The van der Waals surface area contributed by atoms with Gasteiger partial charge in [-0.3, -0.25) is 0 Å². The number of anilines is 2. The Balaban J connectivity index is 1.97. The highest BCUT2D eigenvalue weighted by atomic mass is 35.5. The maximum atomic E-state index is 5.75. The summed E-state index contributed by atoms with van der Waals surface area (Å²) in [6.07, 6.45) is 1.61. The van der Waals surface area contributed by atoms with Gasteiger partial charge < -0.3 is 9.88 Å². The predicted molar refractivity (Wildman–Crippen MR) is 75.8 cm³/mol. The van der Waals surface area contributed by atoms with E-state index >= 15 is 0 Å². The number of aryl methyl sites for hydroxylation is 2. The van der Waals surface area contributed by atoms with Crippen LogP contribution in [0.2, 0.25) is 5.28 Å². The van der Waals surface area contributed by atoms with Crippen LogP contribution < -0.4 is 5.32 Å². The van der Waals surface area contributed by atoms with Crippen LogP contribution in [0.25, 0.3) is 11.0 Å². The van der Waals surface area contributed by atoms with Crippen molar-refractivity contribution < 1.29 is 0 Å². The molecule has 0 aliphatic carbocycles. The van der Waals surface area contributed by atoms with E-state index in [0.717, 1.165) is 22.5 Å². The molecule has 2 heterocycles. The maximum absolute atomic E-state index is 5.75. The topological polar surface area (TPSA) is 55.6 Å². The second kappa shape index (κ2) is 4.51. The molecular formula is C13H12ClN5. The van der Waals surface area contributed by atoms with Crippen LogP contribution in [0.15, 0.2) is 30.5 Å². The third-order valence-electron chi connectivity index (χ3n) is 3.00. The molecule has 1 N–H and O–H groups in total. The summed E-state index contributed by atoms with van der Waals surface area (Å²) < 4.78 is 2.06. The van der Waals surface area contributed by atoms with Gasteiger partial charge in [0, 0.05) is 18.9 Å². The smallest absolute Gasteiger partial charge is 0.224 e. The van der Waals surface area contributed by atoms with Crippen LogP contribution in [0.1, 0.15) is 5.82 Å². The largest absolute Gasteiger partial charge is 0.340 e. The molecule has 0 aliphatic rings. The van der Waals surface area contributed by atoms with Crippen molar-refractivity contribution >= 4 is 34.1 Å². The molecule has 96 valence electrons. The molecule has 0 fully saturated rings. The van der Waals surface area contributed by atoms with Gasteiger partial charge in [0.05, 0.1) is 11.0 Å². The van der Waals surface area contributed by atoms with Crippen LogP contribution in [-0.4, -0.2) is 19.5 Å². The number of aromatic nitrogens is 4. The molecule has 1 aromatic carbocycles. The molecule has 6 heteroatoms. The highest BCUT2D eigenvalue weighted by Crippen LogP contribution is 2.21. The Hall–Kier alpha value is -2.14. The number of rotatable bonds is 2. The molecule has 3 aromatic rings. The van der Waals surface area contributed by atoms with E-state index in [0.29, 0.717) is 5.82 Å². The van der Waals surface area contributed by atoms with Crippen molar-refractivity contribution in [1.29, 1.82) is 0 Å². The molecule has 0 unspecified atom stereocenters. The zero-order valence-electron chi connectivity index (χ0n) is 10.6. The Labute approximate surface area is 115 Å². The van der Waals surface area contributed by atoms with E-state index in [1.165, 1.54) is 0 Å². The van der Waals surface area contributed by atoms with Crippen molar-refractivity contribution in [3.05, 3.63) is 41.6 Å². The summed E-state index contributed by atoms with van der Waals surface area (Å²) in [5.74, 6) is 1.64. The molecule has 0 bridgehead atoms. The molecule has 0 radical (unpaired) electrons. The lowest BCUT2D eigenvalue weighted by Gasteiger charge is -2.05. The normalized spacial score (nSPS) is 10.9. The van der Waals surface area contributed by atoms with E-state index in [1.54, 1.807) is 12.3 Å². The Bertz CT molecular complexity index is 750. The third kappa shape index (κ3) is 2.24. The fourth-order valence-electron chi connectivity index (χ4n) is 1.95. The predicted octanol–water partition coefficient (Wildman–Crippen LogP) is 3.07. The van der Waals surface area contributed by atoms with Crippen LogP contribution in [0.4, 0.5) is 11.5 Å². The van der Waals surface area contributed by atoms with Gasteiger partial charge >= 0.3 is 0 Å². The fraction of sp³-hybridized carbons (Fsp3) is 0.154. The van der Waals surface area contributed by atoms with E-state index in [-0.39, 0.29) is 5.28 Å². The lowest BCUT2D eigenvalue weighted by molar-refractivity contribution is 0.886. The minimum Gasteiger partial charge on any atom is -0.340 e. The van der Waals surface area contributed by atoms with E-state index in [1.807, 2.05) is 32.2 Å². The third-order valence-corrected chi connectivity index (χ3v) is 3.19. The zero-order chi connectivity index (χ0) is 13.4. The number of hydrogen-bond donors (Lipinski definition) is 1. The van der Waals surface area contributed by atoms with Crippen LogP contribution >= 0.6 is 11.6 Å². The summed E-state index contributed by atoms with van der Waals surface area (Å²) in [7, 11) is 2.00. The van der Waals surface area contributed by atoms with Gasteiger partial charge in [0.25, 0.3) is 0 Å². The van der Waals surface area contributed by atoms with Gasteiger partial charge in [-0.1, -0.05) is 0 Å². The summed E-state index contributed by atoms with van der Waals surface area (Å²) in [6, 6.07) is 7.76. The Morgan fingerprint density at radius 3 is 2.84 bits per heavy atom. The lowest BCUT2D eigenvalue weighted by atomic mass is 10.2. The van der Waals surface area contributed by atoms with E-state index in [4.69, 9.17) is 11.6 Å². The molecule has 5 nitrogen and oxygen atoms in total. The van der Waals surface area contributed by atoms with Crippen molar-refractivity contribution in [1.82, 2.24) is 19.5 Å². The molecule has 0 spiro atoms. The Kier molecular flexibility index (Phi) is 2.83. The molecule has 0 amide bonds. The second-order valence-electron chi connectivity index (χ2n) is 4.26.